The van der Waals surface area contributed by atoms with E-state index in [9.17, 15) is 20.1 Å². The number of hydrogen-bond acceptors (Lipinski definition) is 4. The summed E-state index contributed by atoms with van der Waals surface area (Å²) < 4.78 is 0. The highest BCUT2D eigenvalue weighted by Crippen LogP contribution is 2.17. The normalized spacial score (nSPS) is 13.6. The maximum Gasteiger partial charge on any atom is 0.220 e. The largest absolute Gasteiger partial charge is 0.394 e. The molecule has 0 bridgehead atoms. The van der Waals surface area contributed by atoms with Gasteiger partial charge in [-0.25, -0.2) is 0 Å². The highest BCUT2D eigenvalue weighted by atomic mass is 16.3. The lowest BCUT2D eigenvalue weighted by Crippen LogP contribution is -2.50. The Labute approximate surface area is 325 Å². The van der Waals surface area contributed by atoms with Crippen molar-refractivity contribution in [2.75, 3.05) is 6.61 Å². The monoisotopic (exact) mass is 736 g/mol. The van der Waals surface area contributed by atoms with Crippen LogP contribution in [0.25, 0.3) is 0 Å². The number of rotatable bonds is 43. The van der Waals surface area contributed by atoms with Gasteiger partial charge in [-0.05, 0) is 38.5 Å². The van der Waals surface area contributed by atoms with Crippen molar-refractivity contribution in [2.45, 2.75) is 276 Å². The summed E-state index contributed by atoms with van der Waals surface area (Å²) in [6, 6.07) is -0.820. The van der Waals surface area contributed by atoms with Gasteiger partial charge in [0.25, 0.3) is 0 Å². The van der Waals surface area contributed by atoms with E-state index in [2.05, 4.69) is 31.3 Å². The lowest BCUT2D eigenvalue weighted by molar-refractivity contribution is -0.124. The molecular formula is C47H93NO4. The van der Waals surface area contributed by atoms with Gasteiger partial charge in [-0.15, -0.1) is 0 Å². The van der Waals surface area contributed by atoms with Crippen LogP contribution < -0.4 is 5.32 Å². The molecule has 5 nitrogen and oxygen atoms in total. The molecular weight excluding hydrogens is 643 g/mol. The number of amides is 1. The highest BCUT2D eigenvalue weighted by Gasteiger charge is 2.26. The molecule has 0 fully saturated rings. The van der Waals surface area contributed by atoms with Gasteiger partial charge < -0.3 is 20.6 Å². The number of carbonyl (C=O) groups is 1. The number of nitrogens with one attached hydrogen (secondary N) is 1. The minimum Gasteiger partial charge on any atom is -0.394 e. The van der Waals surface area contributed by atoms with Crippen LogP contribution >= 0.6 is 0 Å². The predicted octanol–water partition coefficient (Wildman–Crippen LogP) is 13.6. The second-order valence-electron chi connectivity index (χ2n) is 16.3. The molecule has 52 heavy (non-hydrogen) atoms. The summed E-state index contributed by atoms with van der Waals surface area (Å²) in [7, 11) is 0. The topological polar surface area (TPSA) is 89.8 Å². The maximum atomic E-state index is 12.4. The summed E-state index contributed by atoms with van der Waals surface area (Å²) in [6.45, 7) is 4.18. The molecule has 3 atom stereocenters. The summed E-state index contributed by atoms with van der Waals surface area (Å²) in [6.07, 6.45) is 50.5. The Kier molecular flexibility index (Phi) is 42.1. The average Bonchev–Trinajstić information content (AvgIpc) is 3.15. The van der Waals surface area contributed by atoms with Crippen molar-refractivity contribution in [2.24, 2.45) is 0 Å². The third-order valence-electron chi connectivity index (χ3n) is 11.1. The third-order valence-corrected chi connectivity index (χ3v) is 11.1. The van der Waals surface area contributed by atoms with Gasteiger partial charge >= 0.3 is 0 Å². The molecule has 0 saturated carbocycles. The SMILES string of the molecule is CCCCCCCCCCC/C=C/CCCC(O)C(O)C(CO)NC(=O)CCCCCCCCCCCCCCCCCCCCCCCCCC. The van der Waals surface area contributed by atoms with Crippen molar-refractivity contribution in [3.63, 3.8) is 0 Å². The molecule has 0 rings (SSSR count). The first-order chi connectivity index (χ1) is 25.6. The van der Waals surface area contributed by atoms with Crippen LogP contribution in [0.5, 0.6) is 0 Å². The third kappa shape index (κ3) is 37.4. The number of carbonyl (C=O) groups excluding carboxylic acids is 1. The first kappa shape index (κ1) is 51.1. The smallest absolute Gasteiger partial charge is 0.220 e. The molecule has 0 aliphatic heterocycles. The molecule has 310 valence electrons. The maximum absolute atomic E-state index is 12.4. The molecule has 0 aromatic heterocycles. The van der Waals surface area contributed by atoms with Gasteiger partial charge in [0.05, 0.1) is 18.8 Å². The minimum absolute atomic E-state index is 0.150. The van der Waals surface area contributed by atoms with Crippen LogP contribution in [0.15, 0.2) is 12.2 Å². The van der Waals surface area contributed by atoms with Crippen molar-refractivity contribution in [3.8, 4) is 0 Å². The van der Waals surface area contributed by atoms with Crippen molar-refractivity contribution < 1.29 is 20.1 Å². The fourth-order valence-electron chi connectivity index (χ4n) is 7.46. The van der Waals surface area contributed by atoms with E-state index in [0.29, 0.717) is 12.8 Å². The minimum atomic E-state index is -1.15. The average molecular weight is 736 g/mol. The van der Waals surface area contributed by atoms with E-state index in [0.717, 1.165) is 38.5 Å². The lowest BCUT2D eigenvalue weighted by Gasteiger charge is -2.26. The lowest BCUT2D eigenvalue weighted by atomic mass is 10.0. The fraction of sp³-hybridized carbons (Fsp3) is 0.936. The number of unbranched alkanes of at least 4 members (excludes halogenated alkanes) is 33. The van der Waals surface area contributed by atoms with Crippen LogP contribution in [0.1, 0.15) is 258 Å². The molecule has 1 amide bonds. The molecule has 0 aromatic carbocycles. The van der Waals surface area contributed by atoms with Crippen LogP contribution in [0.3, 0.4) is 0 Å². The molecule has 0 aliphatic carbocycles. The van der Waals surface area contributed by atoms with E-state index < -0.39 is 18.2 Å². The number of hydrogen-bond donors (Lipinski definition) is 4. The Hall–Kier alpha value is -0.910. The van der Waals surface area contributed by atoms with Gasteiger partial charge in [0, 0.05) is 6.42 Å². The molecule has 0 saturated heterocycles. The zero-order chi connectivity index (χ0) is 38.0. The van der Waals surface area contributed by atoms with Crippen LogP contribution in [0.2, 0.25) is 0 Å². The molecule has 0 aromatic rings. The van der Waals surface area contributed by atoms with Crippen molar-refractivity contribution in [1.29, 1.82) is 0 Å². The second kappa shape index (κ2) is 42.8. The van der Waals surface area contributed by atoms with Crippen molar-refractivity contribution >= 4 is 5.91 Å². The van der Waals surface area contributed by atoms with Gasteiger partial charge in [-0.2, -0.15) is 0 Å². The molecule has 0 radical (unpaired) electrons. The molecule has 3 unspecified atom stereocenters. The molecule has 0 spiro atoms. The summed E-state index contributed by atoms with van der Waals surface area (Å²) in [5.41, 5.74) is 0. The molecule has 0 heterocycles. The number of aliphatic hydroxyl groups is 3. The van der Waals surface area contributed by atoms with E-state index in [4.69, 9.17) is 0 Å². The first-order valence-corrected chi connectivity index (χ1v) is 23.5. The summed E-state index contributed by atoms with van der Waals surface area (Å²) in [5, 5.41) is 33.5. The molecule has 5 heteroatoms. The van der Waals surface area contributed by atoms with Crippen LogP contribution in [0, 0.1) is 0 Å². The van der Waals surface area contributed by atoms with Crippen LogP contribution in [-0.4, -0.2) is 46.1 Å². The molecule has 4 N–H and O–H groups in total. The second-order valence-corrected chi connectivity index (χ2v) is 16.3. The van der Waals surface area contributed by atoms with Crippen LogP contribution in [-0.2, 0) is 4.79 Å². The Morgan fingerprint density at radius 1 is 0.462 bits per heavy atom. The fourth-order valence-corrected chi connectivity index (χ4v) is 7.46. The van der Waals surface area contributed by atoms with E-state index in [-0.39, 0.29) is 12.5 Å². The summed E-state index contributed by atoms with van der Waals surface area (Å²) in [4.78, 5) is 12.4. The van der Waals surface area contributed by atoms with Gasteiger partial charge in [-0.3, -0.25) is 4.79 Å². The highest BCUT2D eigenvalue weighted by molar-refractivity contribution is 5.76. The first-order valence-electron chi connectivity index (χ1n) is 23.5. The van der Waals surface area contributed by atoms with E-state index >= 15 is 0 Å². The number of allylic oxidation sites excluding steroid dienone is 2. The Balaban J connectivity index is 3.56. The zero-order valence-electron chi connectivity index (χ0n) is 35.2. The van der Waals surface area contributed by atoms with Crippen LogP contribution in [0.4, 0.5) is 0 Å². The Bertz CT molecular complexity index is 728. The summed E-state index contributed by atoms with van der Waals surface area (Å²) >= 11 is 0. The van der Waals surface area contributed by atoms with Gasteiger partial charge in [0.15, 0.2) is 0 Å². The van der Waals surface area contributed by atoms with E-state index in [1.807, 2.05) is 0 Å². The van der Waals surface area contributed by atoms with E-state index in [1.165, 1.54) is 193 Å². The van der Waals surface area contributed by atoms with E-state index in [1.54, 1.807) is 0 Å². The van der Waals surface area contributed by atoms with Crippen molar-refractivity contribution in [1.82, 2.24) is 5.32 Å². The molecule has 0 aliphatic rings. The quantitative estimate of drug-likeness (QED) is 0.0371. The van der Waals surface area contributed by atoms with Gasteiger partial charge in [0.2, 0.25) is 5.91 Å². The Morgan fingerprint density at radius 3 is 1.12 bits per heavy atom. The predicted molar refractivity (Wildman–Crippen MR) is 227 cm³/mol. The Morgan fingerprint density at radius 2 is 0.769 bits per heavy atom. The van der Waals surface area contributed by atoms with Crippen molar-refractivity contribution in [3.05, 3.63) is 12.2 Å². The zero-order valence-corrected chi connectivity index (χ0v) is 35.2. The summed E-state index contributed by atoms with van der Waals surface area (Å²) in [5.74, 6) is -0.150. The van der Waals surface area contributed by atoms with Gasteiger partial charge in [-0.1, -0.05) is 225 Å². The number of aliphatic hydroxyl groups excluding tert-OH is 3. The standard InChI is InChI=1S/C47H93NO4/c1-3-5-7-9-11-13-15-17-19-20-21-22-23-24-25-26-27-28-30-32-34-36-38-40-42-46(51)48-44(43-49)47(52)45(50)41-39-37-35-33-31-29-18-16-14-12-10-8-6-4-2/h33,35,44-45,47,49-50,52H,3-32,34,36-43H2,1-2H3,(H,48,51)/b35-33+. The van der Waals surface area contributed by atoms with Gasteiger partial charge in [0.1, 0.15) is 6.10 Å².